The van der Waals surface area contributed by atoms with E-state index in [1.165, 1.54) is 38.4 Å². The summed E-state index contributed by atoms with van der Waals surface area (Å²) in [6.07, 6.45) is 2.59. The van der Waals surface area contributed by atoms with Crippen LogP contribution in [0.1, 0.15) is 12.8 Å². The molecule has 2 rings (SSSR count). The lowest BCUT2D eigenvalue weighted by molar-refractivity contribution is -0.818. The van der Waals surface area contributed by atoms with Crippen molar-refractivity contribution in [2.45, 2.75) is 12.8 Å². The molecule has 0 spiro atoms. The molecule has 1 N–H and O–H groups in total. The van der Waals surface area contributed by atoms with Crippen LogP contribution in [0.4, 0.5) is 0 Å². The normalized spacial score (nSPS) is 28.6. The maximum atomic E-state index is 4.54. The summed E-state index contributed by atoms with van der Waals surface area (Å²) in [7, 11) is 2.16. The number of hydrogen-bond acceptors (Lipinski definition) is 2. The Morgan fingerprint density at radius 3 is 2.83 bits per heavy atom. The fraction of sp³-hybridized carbons (Fsp3) is 0.875. The summed E-state index contributed by atoms with van der Waals surface area (Å²) in [4.78, 5) is 8.44. The van der Waals surface area contributed by atoms with E-state index in [-0.39, 0.29) is 17.0 Å². The molecule has 1 unspecified atom stereocenters. The highest BCUT2D eigenvalue weighted by molar-refractivity contribution is 5.71. The molecule has 2 aliphatic rings. The van der Waals surface area contributed by atoms with E-state index in [1.54, 1.807) is 4.90 Å². The molecular weight excluding hydrogens is 218 g/mol. The van der Waals surface area contributed by atoms with Crippen molar-refractivity contribution < 1.29 is 21.9 Å². The lowest BCUT2D eigenvalue weighted by atomic mass is 10.2. The predicted octanol–water partition coefficient (Wildman–Crippen LogP) is -4.03. The average Bonchev–Trinajstić information content (AvgIpc) is 2.06. The number of hydrogen-bond donors (Lipinski definition) is 1. The first-order chi connectivity index (χ1) is 5.38. The summed E-state index contributed by atoms with van der Waals surface area (Å²) in [6, 6.07) is 0. The van der Waals surface area contributed by atoms with Gasteiger partial charge in [-0.2, -0.15) is 0 Å². The minimum absolute atomic E-state index is 0. The molecule has 12 heavy (non-hydrogen) atoms. The van der Waals surface area contributed by atoms with Crippen LogP contribution in [-0.4, -0.2) is 44.1 Å². The summed E-state index contributed by atoms with van der Waals surface area (Å²) in [5.74, 6) is 1.31. The van der Waals surface area contributed by atoms with Crippen LogP contribution in [0.3, 0.4) is 0 Å². The maximum absolute atomic E-state index is 4.54. The van der Waals surface area contributed by atoms with Crippen molar-refractivity contribution in [2.24, 2.45) is 4.99 Å². The van der Waals surface area contributed by atoms with Crippen LogP contribution in [0.5, 0.6) is 0 Å². The minimum Gasteiger partial charge on any atom is -1.00 e. The van der Waals surface area contributed by atoms with Gasteiger partial charge in [0.2, 0.25) is 0 Å². The summed E-state index contributed by atoms with van der Waals surface area (Å²) >= 11 is 0. The molecule has 1 atom stereocenters. The Balaban J connectivity index is 0.000000720. The van der Waals surface area contributed by atoms with E-state index in [0.717, 1.165) is 6.54 Å². The van der Waals surface area contributed by atoms with Gasteiger partial charge in [-0.25, -0.2) is 4.99 Å². The van der Waals surface area contributed by atoms with Crippen LogP contribution in [0.25, 0.3) is 0 Å². The Hall–Kier alpha value is -0.0900. The van der Waals surface area contributed by atoms with E-state index in [4.69, 9.17) is 0 Å². The number of halogens is 1. The molecule has 0 radical (unpaired) electrons. The summed E-state index contributed by atoms with van der Waals surface area (Å²) < 4.78 is 0. The molecule has 0 amide bonds. The van der Waals surface area contributed by atoms with E-state index in [1.807, 2.05) is 0 Å². The number of guanidine groups is 1. The molecule has 2 heterocycles. The van der Waals surface area contributed by atoms with Crippen LogP contribution in [-0.2, 0) is 0 Å². The topological polar surface area (TPSA) is 20.0 Å². The van der Waals surface area contributed by atoms with Gasteiger partial charge < -0.3 is 21.9 Å². The van der Waals surface area contributed by atoms with Crippen LogP contribution in [0, 0.1) is 0 Å². The van der Waals surface area contributed by atoms with Crippen LogP contribution in [0.15, 0.2) is 4.99 Å². The summed E-state index contributed by atoms with van der Waals surface area (Å²) in [5.41, 5.74) is 0. The smallest absolute Gasteiger partial charge is 0.298 e. The average molecular weight is 234 g/mol. The van der Waals surface area contributed by atoms with Crippen molar-refractivity contribution in [3.8, 4) is 0 Å². The van der Waals surface area contributed by atoms with E-state index in [9.17, 15) is 0 Å². The first-order valence-corrected chi connectivity index (χ1v) is 4.48. The van der Waals surface area contributed by atoms with E-state index < -0.39 is 0 Å². The third-order valence-corrected chi connectivity index (χ3v) is 2.55. The first-order valence-electron chi connectivity index (χ1n) is 4.48. The van der Waals surface area contributed by atoms with Crippen molar-refractivity contribution in [1.82, 2.24) is 4.90 Å². The third kappa shape index (κ3) is 1.80. The van der Waals surface area contributed by atoms with Gasteiger partial charge in [0, 0.05) is 26.4 Å². The number of fused-ring (bicyclic) bond motifs is 1. The minimum atomic E-state index is 0. The highest BCUT2D eigenvalue weighted by Crippen LogP contribution is 1.95. The Labute approximate surface area is 84.2 Å². The molecule has 70 valence electrons. The molecule has 0 aromatic carbocycles. The summed E-state index contributed by atoms with van der Waals surface area (Å²) in [5, 5.41) is 0. The number of nitrogens with zero attached hydrogens (tertiary/aromatic N) is 2. The van der Waals surface area contributed by atoms with Gasteiger partial charge in [-0.05, 0) is 0 Å². The van der Waals surface area contributed by atoms with Crippen molar-refractivity contribution in [3.63, 3.8) is 0 Å². The Kier molecular flexibility index (Phi) is 3.53. The predicted molar refractivity (Wildman–Crippen MR) is 44.9 cm³/mol. The fourth-order valence-corrected chi connectivity index (χ4v) is 1.96. The van der Waals surface area contributed by atoms with Crippen molar-refractivity contribution >= 4 is 5.96 Å². The Morgan fingerprint density at radius 1 is 1.33 bits per heavy atom. The zero-order valence-electron chi connectivity index (χ0n) is 7.52. The second-order valence-corrected chi connectivity index (χ2v) is 3.44. The molecule has 3 nitrogen and oxygen atoms in total. The van der Waals surface area contributed by atoms with Gasteiger partial charge in [-0.3, -0.25) is 4.90 Å². The molecular formula is C8H16BrN3. The molecule has 0 aromatic rings. The molecule has 0 aromatic heterocycles. The fourth-order valence-electron chi connectivity index (χ4n) is 1.96. The van der Waals surface area contributed by atoms with Crippen LogP contribution in [0.2, 0.25) is 0 Å². The molecule has 1 saturated heterocycles. The monoisotopic (exact) mass is 233 g/mol. The molecule has 4 heteroatoms. The largest absolute Gasteiger partial charge is 1.00 e. The van der Waals surface area contributed by atoms with Crippen molar-refractivity contribution in [1.29, 1.82) is 0 Å². The second-order valence-electron chi connectivity index (χ2n) is 3.44. The third-order valence-electron chi connectivity index (χ3n) is 2.55. The first kappa shape index (κ1) is 9.99. The Bertz CT molecular complexity index is 181. The lowest BCUT2D eigenvalue weighted by Crippen LogP contribution is -3.18. The quantitative estimate of drug-likeness (QED) is 0.452. The maximum Gasteiger partial charge on any atom is 0.298 e. The highest BCUT2D eigenvalue weighted by atomic mass is 79.9. The van der Waals surface area contributed by atoms with Gasteiger partial charge in [0.05, 0.1) is 19.6 Å². The van der Waals surface area contributed by atoms with E-state index in [0.29, 0.717) is 0 Å². The molecule has 0 bridgehead atoms. The number of quaternary nitrogens is 1. The van der Waals surface area contributed by atoms with Crippen molar-refractivity contribution in [3.05, 3.63) is 0 Å². The molecule has 0 saturated carbocycles. The van der Waals surface area contributed by atoms with Gasteiger partial charge in [0.25, 0.3) is 5.96 Å². The van der Waals surface area contributed by atoms with Crippen LogP contribution >= 0.6 is 0 Å². The van der Waals surface area contributed by atoms with E-state index >= 15 is 0 Å². The van der Waals surface area contributed by atoms with Gasteiger partial charge >= 0.3 is 0 Å². The van der Waals surface area contributed by atoms with Crippen molar-refractivity contribution in [2.75, 3.05) is 33.2 Å². The van der Waals surface area contributed by atoms with Gasteiger partial charge in [0.1, 0.15) is 0 Å². The number of nitrogens with one attached hydrogen (secondary N) is 1. The second kappa shape index (κ2) is 4.23. The SMILES string of the molecule is CN1CCC[NH+]2CCCN=C12.[Br-]. The zero-order chi connectivity index (χ0) is 7.68. The van der Waals surface area contributed by atoms with Crippen LogP contribution < -0.4 is 21.9 Å². The highest BCUT2D eigenvalue weighted by Gasteiger charge is 2.27. The zero-order valence-corrected chi connectivity index (χ0v) is 9.10. The standard InChI is InChI=1S/C8H15N3.BrH/c1-10-5-3-7-11-6-2-4-9-8(10)11;/h2-7H2,1H3;1H. The van der Waals surface area contributed by atoms with Gasteiger partial charge in [0.15, 0.2) is 0 Å². The molecule has 1 fully saturated rings. The van der Waals surface area contributed by atoms with E-state index in [2.05, 4.69) is 16.9 Å². The lowest BCUT2D eigenvalue weighted by Gasteiger charge is -2.33. The molecule has 2 aliphatic heterocycles. The Morgan fingerprint density at radius 2 is 2.08 bits per heavy atom. The van der Waals surface area contributed by atoms with Gasteiger partial charge in [-0.1, -0.05) is 0 Å². The van der Waals surface area contributed by atoms with Gasteiger partial charge in [-0.15, -0.1) is 0 Å². The number of rotatable bonds is 0. The molecule has 0 aliphatic carbocycles. The summed E-state index contributed by atoms with van der Waals surface area (Å²) in [6.45, 7) is 4.83. The number of aliphatic imine (C=N–C) groups is 1.